The number of benzene rings is 1. The zero-order valence-corrected chi connectivity index (χ0v) is 13.1. The van der Waals surface area contributed by atoms with Crippen LogP contribution in [0.15, 0.2) is 48.8 Å². The van der Waals surface area contributed by atoms with Gasteiger partial charge in [-0.05, 0) is 30.3 Å². The van der Waals surface area contributed by atoms with Crippen LogP contribution in [-0.2, 0) is 0 Å². The Morgan fingerprint density at radius 3 is 2.65 bits per heavy atom. The fourth-order valence-electron chi connectivity index (χ4n) is 2.72. The SMILES string of the molecule is COc1cccc(C(=O)N2CCC(Oc3cccnc3)CC2)c1. The van der Waals surface area contributed by atoms with E-state index in [1.807, 2.05) is 35.2 Å². The van der Waals surface area contributed by atoms with Crippen LogP contribution in [0.1, 0.15) is 23.2 Å². The molecule has 0 unspecified atom stereocenters. The van der Waals surface area contributed by atoms with E-state index in [9.17, 15) is 4.79 Å². The van der Waals surface area contributed by atoms with Crippen LogP contribution in [0.5, 0.6) is 11.5 Å². The fraction of sp³-hybridized carbons (Fsp3) is 0.333. The highest BCUT2D eigenvalue weighted by Crippen LogP contribution is 2.20. The molecule has 2 heterocycles. The van der Waals surface area contributed by atoms with E-state index < -0.39 is 0 Å². The molecule has 2 aromatic rings. The van der Waals surface area contributed by atoms with E-state index >= 15 is 0 Å². The van der Waals surface area contributed by atoms with Gasteiger partial charge in [0.25, 0.3) is 5.91 Å². The van der Waals surface area contributed by atoms with Crippen LogP contribution >= 0.6 is 0 Å². The molecule has 5 nitrogen and oxygen atoms in total. The number of carbonyl (C=O) groups excluding carboxylic acids is 1. The van der Waals surface area contributed by atoms with E-state index in [4.69, 9.17) is 9.47 Å². The van der Waals surface area contributed by atoms with Crippen molar-refractivity contribution in [2.75, 3.05) is 20.2 Å². The quantitative estimate of drug-likeness (QED) is 0.871. The largest absolute Gasteiger partial charge is 0.497 e. The number of aromatic nitrogens is 1. The van der Waals surface area contributed by atoms with Crippen molar-refractivity contribution in [3.8, 4) is 11.5 Å². The summed E-state index contributed by atoms with van der Waals surface area (Å²) in [5.41, 5.74) is 0.663. The molecule has 1 fully saturated rings. The lowest BCUT2D eigenvalue weighted by atomic mass is 10.1. The predicted octanol–water partition coefficient (Wildman–Crippen LogP) is 2.77. The van der Waals surface area contributed by atoms with E-state index in [1.165, 1.54) is 0 Å². The Bertz CT molecular complexity index is 652. The highest BCUT2D eigenvalue weighted by atomic mass is 16.5. The van der Waals surface area contributed by atoms with Gasteiger partial charge in [0, 0.05) is 37.7 Å². The molecular formula is C18H20N2O3. The Labute approximate surface area is 135 Å². The first-order valence-corrected chi connectivity index (χ1v) is 7.76. The third kappa shape index (κ3) is 3.80. The van der Waals surface area contributed by atoms with Gasteiger partial charge >= 0.3 is 0 Å². The number of hydrogen-bond donors (Lipinski definition) is 0. The standard InChI is InChI=1S/C18H20N2O3/c1-22-16-5-2-4-14(12-16)18(21)20-10-7-15(8-11-20)23-17-6-3-9-19-13-17/h2-6,9,12-13,15H,7-8,10-11H2,1H3. The van der Waals surface area contributed by atoms with Crippen LogP contribution < -0.4 is 9.47 Å². The minimum absolute atomic E-state index is 0.0451. The molecule has 5 heteroatoms. The van der Waals surface area contributed by atoms with Gasteiger partial charge in [0.1, 0.15) is 17.6 Å². The fourth-order valence-corrected chi connectivity index (χ4v) is 2.72. The maximum atomic E-state index is 12.6. The number of carbonyl (C=O) groups is 1. The van der Waals surface area contributed by atoms with Gasteiger partial charge < -0.3 is 14.4 Å². The molecule has 0 saturated carbocycles. The van der Waals surface area contributed by atoms with Gasteiger partial charge in [-0.1, -0.05) is 6.07 Å². The van der Waals surface area contributed by atoms with Gasteiger partial charge in [-0.3, -0.25) is 9.78 Å². The van der Waals surface area contributed by atoms with Crippen LogP contribution in [0.25, 0.3) is 0 Å². The third-order valence-electron chi connectivity index (χ3n) is 3.98. The third-order valence-corrected chi connectivity index (χ3v) is 3.98. The Balaban J connectivity index is 1.57. The van der Waals surface area contributed by atoms with Gasteiger partial charge in [0.05, 0.1) is 13.3 Å². The summed E-state index contributed by atoms with van der Waals surface area (Å²) in [6.07, 6.45) is 5.22. The second-order valence-electron chi connectivity index (χ2n) is 5.53. The molecule has 0 radical (unpaired) electrons. The maximum absolute atomic E-state index is 12.6. The monoisotopic (exact) mass is 312 g/mol. The van der Waals surface area contributed by atoms with Crippen LogP contribution in [0.2, 0.25) is 0 Å². The molecular weight excluding hydrogens is 292 g/mol. The van der Waals surface area contributed by atoms with Crippen molar-refractivity contribution in [2.24, 2.45) is 0 Å². The van der Waals surface area contributed by atoms with Gasteiger partial charge in [-0.15, -0.1) is 0 Å². The number of pyridine rings is 1. The lowest BCUT2D eigenvalue weighted by molar-refractivity contribution is 0.0594. The van der Waals surface area contributed by atoms with E-state index in [1.54, 1.807) is 25.6 Å². The van der Waals surface area contributed by atoms with Crippen LogP contribution in [-0.4, -0.2) is 42.1 Å². The highest BCUT2D eigenvalue weighted by molar-refractivity contribution is 5.94. The minimum atomic E-state index is 0.0451. The summed E-state index contributed by atoms with van der Waals surface area (Å²) >= 11 is 0. The zero-order chi connectivity index (χ0) is 16.1. The Hall–Kier alpha value is -2.56. The average molecular weight is 312 g/mol. The molecule has 1 aromatic carbocycles. The molecule has 1 saturated heterocycles. The molecule has 0 bridgehead atoms. The van der Waals surface area contributed by atoms with E-state index in [0.717, 1.165) is 18.6 Å². The summed E-state index contributed by atoms with van der Waals surface area (Å²) < 4.78 is 11.1. The van der Waals surface area contributed by atoms with Crippen LogP contribution in [0, 0.1) is 0 Å². The normalized spacial score (nSPS) is 15.3. The number of rotatable bonds is 4. The van der Waals surface area contributed by atoms with Crippen molar-refractivity contribution in [3.05, 3.63) is 54.4 Å². The summed E-state index contributed by atoms with van der Waals surface area (Å²) in [6.45, 7) is 1.39. The molecule has 0 spiro atoms. The number of nitrogens with zero attached hydrogens (tertiary/aromatic N) is 2. The summed E-state index contributed by atoms with van der Waals surface area (Å²) in [4.78, 5) is 18.5. The summed E-state index contributed by atoms with van der Waals surface area (Å²) in [5, 5.41) is 0. The van der Waals surface area contributed by atoms with Crippen molar-refractivity contribution in [1.82, 2.24) is 9.88 Å². The second-order valence-corrected chi connectivity index (χ2v) is 5.53. The highest BCUT2D eigenvalue weighted by Gasteiger charge is 2.24. The molecule has 0 N–H and O–H groups in total. The first kappa shape index (κ1) is 15.3. The average Bonchev–Trinajstić information content (AvgIpc) is 2.63. The topological polar surface area (TPSA) is 51.7 Å². The molecule has 1 aliphatic heterocycles. The Kier molecular flexibility index (Phi) is 4.76. The molecule has 1 aromatic heterocycles. The molecule has 1 amide bonds. The summed E-state index contributed by atoms with van der Waals surface area (Å²) in [5.74, 6) is 1.53. The first-order chi connectivity index (χ1) is 11.3. The molecule has 0 atom stereocenters. The smallest absolute Gasteiger partial charge is 0.253 e. The lowest BCUT2D eigenvalue weighted by Gasteiger charge is -2.32. The number of ether oxygens (including phenoxy) is 2. The molecule has 120 valence electrons. The van der Waals surface area contributed by atoms with E-state index in [-0.39, 0.29) is 12.0 Å². The Morgan fingerprint density at radius 1 is 1.17 bits per heavy atom. The predicted molar refractivity (Wildman–Crippen MR) is 86.8 cm³/mol. The van der Waals surface area contributed by atoms with Gasteiger partial charge in [-0.2, -0.15) is 0 Å². The van der Waals surface area contributed by atoms with E-state index in [2.05, 4.69) is 4.98 Å². The first-order valence-electron chi connectivity index (χ1n) is 7.76. The molecule has 0 aliphatic carbocycles. The van der Waals surface area contributed by atoms with Crippen molar-refractivity contribution >= 4 is 5.91 Å². The van der Waals surface area contributed by atoms with Crippen LogP contribution in [0.4, 0.5) is 0 Å². The molecule has 23 heavy (non-hydrogen) atoms. The van der Waals surface area contributed by atoms with Gasteiger partial charge in [-0.25, -0.2) is 0 Å². The van der Waals surface area contributed by atoms with Gasteiger partial charge in [0.15, 0.2) is 0 Å². The number of hydrogen-bond acceptors (Lipinski definition) is 4. The number of methoxy groups -OCH3 is 1. The number of amides is 1. The number of piperidine rings is 1. The van der Waals surface area contributed by atoms with Crippen molar-refractivity contribution in [3.63, 3.8) is 0 Å². The minimum Gasteiger partial charge on any atom is -0.497 e. The molecule has 1 aliphatic rings. The zero-order valence-electron chi connectivity index (χ0n) is 13.1. The summed E-state index contributed by atoms with van der Waals surface area (Å²) in [7, 11) is 1.60. The molecule has 3 rings (SSSR count). The van der Waals surface area contributed by atoms with Crippen molar-refractivity contribution < 1.29 is 14.3 Å². The van der Waals surface area contributed by atoms with Crippen LogP contribution in [0.3, 0.4) is 0 Å². The van der Waals surface area contributed by atoms with Gasteiger partial charge in [0.2, 0.25) is 0 Å². The number of likely N-dealkylation sites (tertiary alicyclic amines) is 1. The van der Waals surface area contributed by atoms with Crippen molar-refractivity contribution in [2.45, 2.75) is 18.9 Å². The second kappa shape index (κ2) is 7.13. The lowest BCUT2D eigenvalue weighted by Crippen LogP contribution is -2.41. The maximum Gasteiger partial charge on any atom is 0.253 e. The van der Waals surface area contributed by atoms with E-state index in [0.29, 0.717) is 24.4 Å². The Morgan fingerprint density at radius 2 is 1.96 bits per heavy atom. The summed E-state index contributed by atoms with van der Waals surface area (Å²) in [6, 6.07) is 11.0. The van der Waals surface area contributed by atoms with Crippen molar-refractivity contribution in [1.29, 1.82) is 0 Å².